The summed E-state index contributed by atoms with van der Waals surface area (Å²) in [6.45, 7) is 0.240. The largest absolute Gasteiger partial charge is 0.490 e. The highest BCUT2D eigenvalue weighted by molar-refractivity contribution is 5.70. The van der Waals surface area contributed by atoms with E-state index in [9.17, 15) is 14.9 Å². The first-order valence-electron chi connectivity index (χ1n) is 5.38. The Morgan fingerprint density at radius 1 is 1.37 bits per heavy atom. The fourth-order valence-electron chi connectivity index (χ4n) is 1.67. The molecule has 0 bridgehead atoms. The molecular weight excluding hydrogens is 252 g/mol. The minimum Gasteiger partial charge on any atom is -0.481 e. The van der Waals surface area contributed by atoms with Crippen molar-refractivity contribution in [1.29, 1.82) is 0 Å². The third-order valence-corrected chi connectivity index (χ3v) is 2.48. The minimum absolute atomic E-state index is 0.104. The Labute approximate surface area is 107 Å². The van der Waals surface area contributed by atoms with Gasteiger partial charge in [-0.1, -0.05) is 29.2 Å². The summed E-state index contributed by atoms with van der Waals surface area (Å²) in [5.41, 5.74) is 1.39. The van der Waals surface area contributed by atoms with Gasteiger partial charge in [-0.15, -0.1) is 0 Å². The van der Waals surface area contributed by atoms with Crippen LogP contribution in [-0.4, -0.2) is 30.8 Å². The van der Waals surface area contributed by atoms with Crippen molar-refractivity contribution in [3.05, 3.63) is 51.8 Å². The van der Waals surface area contributed by atoms with Crippen molar-refractivity contribution in [2.45, 2.75) is 13.0 Å². The standard InChI is InChI=1S/C11H10N4O4/c16-10(17)5-8-3-1-2-4-9(8)6-14-7-12-11(13-14)15(18)19/h1-4,7H,5-6H2,(H,16,17). The lowest BCUT2D eigenvalue weighted by Crippen LogP contribution is -2.07. The number of carbonyl (C=O) groups is 1. The summed E-state index contributed by atoms with van der Waals surface area (Å²) in [6, 6.07) is 6.97. The van der Waals surface area contributed by atoms with Crippen molar-refractivity contribution in [2.24, 2.45) is 0 Å². The SMILES string of the molecule is O=C(O)Cc1ccccc1Cn1cnc([N+](=O)[O-])n1. The van der Waals surface area contributed by atoms with Crippen LogP contribution in [0, 0.1) is 10.1 Å². The first-order valence-corrected chi connectivity index (χ1v) is 5.38. The predicted molar refractivity (Wildman–Crippen MR) is 63.6 cm³/mol. The molecule has 0 unspecified atom stereocenters. The van der Waals surface area contributed by atoms with Gasteiger partial charge in [0.25, 0.3) is 0 Å². The lowest BCUT2D eigenvalue weighted by Gasteiger charge is -2.05. The van der Waals surface area contributed by atoms with Gasteiger partial charge in [-0.05, 0) is 16.1 Å². The molecule has 0 amide bonds. The van der Waals surface area contributed by atoms with Gasteiger partial charge in [-0.2, -0.15) is 4.68 Å². The maximum atomic E-state index is 10.7. The molecule has 1 heterocycles. The van der Waals surface area contributed by atoms with Crippen LogP contribution in [0.4, 0.5) is 5.95 Å². The van der Waals surface area contributed by atoms with Gasteiger partial charge in [-0.25, -0.2) is 0 Å². The molecule has 0 saturated carbocycles. The van der Waals surface area contributed by atoms with Crippen molar-refractivity contribution in [3.8, 4) is 0 Å². The summed E-state index contributed by atoms with van der Waals surface area (Å²) in [7, 11) is 0. The average Bonchev–Trinajstić information content (AvgIpc) is 2.80. The highest BCUT2D eigenvalue weighted by atomic mass is 16.6. The van der Waals surface area contributed by atoms with Gasteiger partial charge < -0.3 is 15.2 Å². The third kappa shape index (κ3) is 3.12. The van der Waals surface area contributed by atoms with Crippen LogP contribution >= 0.6 is 0 Å². The Morgan fingerprint density at radius 2 is 2.05 bits per heavy atom. The smallest absolute Gasteiger partial charge is 0.481 e. The number of nitro groups is 1. The Balaban J connectivity index is 2.22. The molecule has 8 nitrogen and oxygen atoms in total. The van der Waals surface area contributed by atoms with Crippen molar-refractivity contribution in [3.63, 3.8) is 0 Å². The van der Waals surface area contributed by atoms with E-state index in [0.29, 0.717) is 5.56 Å². The molecular formula is C11H10N4O4. The summed E-state index contributed by atoms with van der Waals surface area (Å²) in [5, 5.41) is 23.0. The average molecular weight is 262 g/mol. The number of hydrogen-bond donors (Lipinski definition) is 1. The molecule has 0 aliphatic heterocycles. The normalized spacial score (nSPS) is 10.3. The van der Waals surface area contributed by atoms with Gasteiger partial charge in [-0.3, -0.25) is 4.79 Å². The van der Waals surface area contributed by atoms with Crippen LogP contribution in [0.15, 0.2) is 30.6 Å². The molecule has 2 rings (SSSR count). The first-order chi connectivity index (χ1) is 9.06. The van der Waals surface area contributed by atoms with E-state index in [1.165, 1.54) is 11.0 Å². The first kappa shape index (κ1) is 12.7. The zero-order valence-electron chi connectivity index (χ0n) is 9.76. The fourth-order valence-corrected chi connectivity index (χ4v) is 1.67. The summed E-state index contributed by atoms with van der Waals surface area (Å²) in [6.07, 6.45) is 1.14. The van der Waals surface area contributed by atoms with E-state index in [4.69, 9.17) is 5.11 Å². The second-order valence-corrected chi connectivity index (χ2v) is 3.84. The van der Waals surface area contributed by atoms with Crippen LogP contribution in [0.5, 0.6) is 0 Å². The van der Waals surface area contributed by atoms with Crippen LogP contribution < -0.4 is 0 Å². The molecule has 0 atom stereocenters. The maximum absolute atomic E-state index is 10.7. The van der Waals surface area contributed by atoms with Gasteiger partial charge >= 0.3 is 11.9 Å². The molecule has 0 radical (unpaired) electrons. The number of nitrogens with zero attached hydrogens (tertiary/aromatic N) is 4. The van der Waals surface area contributed by atoms with Gasteiger partial charge in [0.2, 0.25) is 6.33 Å². The van der Waals surface area contributed by atoms with Gasteiger partial charge in [0.05, 0.1) is 13.0 Å². The zero-order chi connectivity index (χ0) is 13.8. The number of rotatable bonds is 5. The van der Waals surface area contributed by atoms with Crippen molar-refractivity contribution >= 4 is 11.9 Å². The molecule has 0 saturated heterocycles. The molecule has 0 aliphatic rings. The fraction of sp³-hybridized carbons (Fsp3) is 0.182. The Bertz CT molecular complexity index is 623. The number of carboxylic acids is 1. The Morgan fingerprint density at radius 3 is 2.63 bits per heavy atom. The second-order valence-electron chi connectivity index (χ2n) is 3.84. The molecule has 1 aromatic carbocycles. The number of carboxylic acid groups (broad SMARTS) is 1. The van der Waals surface area contributed by atoms with E-state index in [1.807, 2.05) is 0 Å². The molecule has 0 spiro atoms. The quantitative estimate of drug-likeness (QED) is 0.631. The Hall–Kier alpha value is -2.77. The van der Waals surface area contributed by atoms with Crippen molar-refractivity contribution in [2.75, 3.05) is 0 Å². The minimum atomic E-state index is -0.933. The molecule has 2 aromatic rings. The van der Waals surface area contributed by atoms with E-state index in [2.05, 4.69) is 10.1 Å². The summed E-state index contributed by atoms with van der Waals surface area (Å²) >= 11 is 0. The van der Waals surface area contributed by atoms with E-state index >= 15 is 0 Å². The molecule has 8 heteroatoms. The molecule has 0 fully saturated rings. The monoisotopic (exact) mass is 262 g/mol. The summed E-state index contributed by atoms with van der Waals surface area (Å²) in [5.74, 6) is -1.41. The molecule has 98 valence electrons. The summed E-state index contributed by atoms with van der Waals surface area (Å²) in [4.78, 5) is 24.1. The number of benzene rings is 1. The van der Waals surface area contributed by atoms with E-state index < -0.39 is 16.8 Å². The lowest BCUT2D eigenvalue weighted by atomic mass is 10.0. The maximum Gasteiger partial charge on any atom is 0.490 e. The van der Waals surface area contributed by atoms with Crippen LogP contribution in [0.25, 0.3) is 0 Å². The highest BCUT2D eigenvalue weighted by Gasteiger charge is 2.14. The van der Waals surface area contributed by atoms with E-state index in [-0.39, 0.29) is 13.0 Å². The summed E-state index contributed by atoms with van der Waals surface area (Å²) < 4.78 is 1.30. The van der Waals surface area contributed by atoms with Crippen molar-refractivity contribution in [1.82, 2.24) is 14.8 Å². The topological polar surface area (TPSA) is 111 Å². The van der Waals surface area contributed by atoms with Crippen LogP contribution in [-0.2, 0) is 17.8 Å². The van der Waals surface area contributed by atoms with Gasteiger partial charge in [0, 0.05) is 5.10 Å². The molecule has 1 aromatic heterocycles. The van der Waals surface area contributed by atoms with Crippen LogP contribution in [0.1, 0.15) is 11.1 Å². The molecule has 1 N–H and O–H groups in total. The van der Waals surface area contributed by atoms with Crippen molar-refractivity contribution < 1.29 is 14.8 Å². The molecule has 0 aliphatic carbocycles. The number of aliphatic carboxylic acids is 1. The number of hydrogen-bond acceptors (Lipinski definition) is 5. The van der Waals surface area contributed by atoms with Crippen LogP contribution in [0.3, 0.4) is 0 Å². The van der Waals surface area contributed by atoms with E-state index in [1.54, 1.807) is 24.3 Å². The number of aromatic nitrogens is 3. The van der Waals surface area contributed by atoms with Crippen LogP contribution in [0.2, 0.25) is 0 Å². The zero-order valence-corrected chi connectivity index (χ0v) is 9.76. The molecule has 19 heavy (non-hydrogen) atoms. The van der Waals surface area contributed by atoms with E-state index in [0.717, 1.165) is 5.56 Å². The lowest BCUT2D eigenvalue weighted by molar-refractivity contribution is -0.394. The van der Waals surface area contributed by atoms with Gasteiger partial charge in [0.1, 0.15) is 0 Å². The Kier molecular flexibility index (Phi) is 3.51. The predicted octanol–water partition coefficient (Wildman–Crippen LogP) is 0.862. The van der Waals surface area contributed by atoms with Gasteiger partial charge in [0.15, 0.2) is 0 Å². The highest BCUT2D eigenvalue weighted by Crippen LogP contribution is 2.12. The third-order valence-electron chi connectivity index (χ3n) is 2.48. The second kappa shape index (κ2) is 5.25.